The summed E-state index contributed by atoms with van der Waals surface area (Å²) in [5.74, 6) is 5.76. The number of carbonyl (C=O) groups is 1. The van der Waals surface area contributed by atoms with Gasteiger partial charge in [-0.2, -0.15) is 13.5 Å². The smallest absolute Gasteiger partial charge is 0.297 e. The van der Waals surface area contributed by atoms with Gasteiger partial charge in [-0.15, -0.1) is 5.10 Å². The zero-order chi connectivity index (χ0) is 32.2. The van der Waals surface area contributed by atoms with Crippen LogP contribution in [-0.2, 0) is 23.9 Å². The van der Waals surface area contributed by atoms with Crippen molar-refractivity contribution in [2.45, 2.75) is 19.6 Å². The first-order valence-electron chi connectivity index (χ1n) is 14.0. The maximum Gasteiger partial charge on any atom is 0.297 e. The highest BCUT2D eigenvalue weighted by atomic mass is 32.2. The average molecular weight is 636 g/mol. The molecule has 0 fully saturated rings. The number of aromatic nitrogens is 6. The lowest BCUT2D eigenvalue weighted by molar-refractivity contribution is 0.0940. The molecule has 6 aromatic rings. The summed E-state index contributed by atoms with van der Waals surface area (Å²) in [6, 6.07) is 13.4. The quantitative estimate of drug-likeness (QED) is 0.233. The van der Waals surface area contributed by atoms with E-state index in [4.69, 9.17) is 9.88 Å². The summed E-state index contributed by atoms with van der Waals surface area (Å²) in [6.45, 7) is 1.87. The third-order valence-electron chi connectivity index (χ3n) is 7.49. The van der Waals surface area contributed by atoms with Crippen molar-refractivity contribution in [1.29, 1.82) is 0 Å². The minimum Gasteiger partial charge on any atom is -0.488 e. The van der Waals surface area contributed by atoms with Crippen LogP contribution in [0.15, 0.2) is 78.1 Å². The first kappa shape index (κ1) is 28.8. The highest BCUT2D eigenvalue weighted by molar-refractivity contribution is 7.90. The molecule has 0 saturated heterocycles. The minimum absolute atomic E-state index is 0.101. The van der Waals surface area contributed by atoms with Gasteiger partial charge in [0.1, 0.15) is 17.9 Å². The average Bonchev–Trinajstić information content (AvgIpc) is 3.74. The number of fused-ring (bicyclic) bond motifs is 1. The molecule has 7 rings (SSSR count). The van der Waals surface area contributed by atoms with Crippen LogP contribution in [0.2, 0.25) is 0 Å². The van der Waals surface area contributed by atoms with Crippen LogP contribution < -0.4 is 25.5 Å². The number of carbonyl (C=O) groups excluding carboxylic acids is 1. The van der Waals surface area contributed by atoms with Gasteiger partial charge in [-0.25, -0.2) is 14.6 Å². The zero-order valence-corrected chi connectivity index (χ0v) is 25.2. The van der Waals surface area contributed by atoms with E-state index < -0.39 is 22.2 Å². The minimum atomic E-state index is -4.27. The molecule has 5 heterocycles. The molecule has 1 aliphatic heterocycles. The number of benzene rings is 2. The third-order valence-corrected chi connectivity index (χ3v) is 7.97. The Kier molecular flexibility index (Phi) is 6.80. The van der Waals surface area contributed by atoms with Gasteiger partial charge in [-0.05, 0) is 37.3 Å². The molecule has 230 valence electrons. The van der Waals surface area contributed by atoms with E-state index in [2.05, 4.69) is 37.1 Å². The first-order valence-corrected chi connectivity index (χ1v) is 15.5. The van der Waals surface area contributed by atoms with Crippen LogP contribution in [0.25, 0.3) is 22.1 Å². The first-order chi connectivity index (χ1) is 22.1. The van der Waals surface area contributed by atoms with Crippen molar-refractivity contribution in [1.82, 2.24) is 34.3 Å². The molecule has 0 spiro atoms. The van der Waals surface area contributed by atoms with E-state index >= 15 is 0 Å². The lowest BCUT2D eigenvalue weighted by atomic mass is 9.97. The molecular formula is C31H25N9O5S. The van der Waals surface area contributed by atoms with Crippen molar-refractivity contribution in [2.24, 2.45) is 12.2 Å². The van der Waals surface area contributed by atoms with Crippen molar-refractivity contribution >= 4 is 38.4 Å². The van der Waals surface area contributed by atoms with Gasteiger partial charge in [0.05, 0.1) is 28.9 Å². The maximum absolute atomic E-state index is 14.5. The van der Waals surface area contributed by atoms with Gasteiger partial charge < -0.3 is 10.1 Å². The van der Waals surface area contributed by atoms with E-state index in [9.17, 15) is 18.0 Å². The summed E-state index contributed by atoms with van der Waals surface area (Å²) in [4.78, 5) is 32.6. The lowest BCUT2D eigenvalue weighted by Crippen LogP contribution is -2.34. The molecule has 4 aromatic heterocycles. The maximum atomic E-state index is 14.5. The van der Waals surface area contributed by atoms with Gasteiger partial charge in [-0.3, -0.25) is 23.6 Å². The van der Waals surface area contributed by atoms with E-state index in [0.29, 0.717) is 44.6 Å². The number of anilines is 1. The Balaban J connectivity index is 1.40. The normalized spacial score (nSPS) is 12.8. The van der Waals surface area contributed by atoms with Crippen LogP contribution in [0.1, 0.15) is 45.7 Å². The number of nitrogens with zero attached hydrogens (tertiary/aromatic N) is 6. The molecule has 1 aliphatic rings. The van der Waals surface area contributed by atoms with Crippen molar-refractivity contribution in [3.63, 3.8) is 0 Å². The molecule has 0 radical (unpaired) electrons. The van der Waals surface area contributed by atoms with E-state index in [1.54, 1.807) is 65.9 Å². The van der Waals surface area contributed by atoms with Crippen LogP contribution in [0.4, 0.5) is 5.82 Å². The standard InChI is InChI=1S/C31H25N9O5S/c1-18(35-30(41)26-28(37-46(32,43)44)36-39-14-6-13-33-29(26)39)27-22-17-45-23-12-11-20(10-9-19-15-34-38(2)16-19)24(25(22)23)31(42)40(27)21-7-4-3-5-8-21/h3-8,11-16,18H,17H2,1-2H3,(H,35,41)(H,36,37)(H2,32,43,44)/t18-/m0/s1. The summed E-state index contributed by atoms with van der Waals surface area (Å²) < 4.78 is 36.4. The lowest BCUT2D eigenvalue weighted by Gasteiger charge is -2.23. The van der Waals surface area contributed by atoms with Crippen molar-refractivity contribution < 1.29 is 17.9 Å². The number of aryl methyl sites for hydroxylation is 1. The number of ether oxygens (including phenoxy) is 1. The van der Waals surface area contributed by atoms with Crippen LogP contribution in [0.5, 0.6) is 5.75 Å². The second-order valence-corrected chi connectivity index (χ2v) is 11.9. The second kappa shape index (κ2) is 10.9. The number of para-hydroxylation sites is 1. The Labute approximate surface area is 261 Å². The number of nitrogens with two attached hydrogens (primary N) is 1. The SMILES string of the molecule is C[C@H](NC(=O)c1c(NS(N)(=O)=O)nn2cccnc12)c1c2c3c(ccc(C#Cc4cnn(C)c4)c3c(=O)n1-c1ccccc1)OC2. The molecule has 46 heavy (non-hydrogen) atoms. The van der Waals surface area contributed by atoms with E-state index in [1.807, 2.05) is 18.2 Å². The Bertz CT molecular complexity index is 2440. The molecule has 0 aliphatic carbocycles. The molecule has 0 unspecified atom stereocenters. The van der Waals surface area contributed by atoms with Crippen molar-refractivity contribution in [3.8, 4) is 23.3 Å². The van der Waals surface area contributed by atoms with Crippen molar-refractivity contribution in [2.75, 3.05) is 4.72 Å². The largest absolute Gasteiger partial charge is 0.488 e. The molecule has 4 N–H and O–H groups in total. The number of hydrogen-bond acceptors (Lipinski definition) is 8. The van der Waals surface area contributed by atoms with E-state index in [0.717, 1.165) is 0 Å². The molecule has 14 nitrogen and oxygen atoms in total. The zero-order valence-electron chi connectivity index (χ0n) is 24.4. The van der Waals surface area contributed by atoms with Gasteiger partial charge in [0.2, 0.25) is 0 Å². The summed E-state index contributed by atoms with van der Waals surface area (Å²) in [7, 11) is -2.48. The monoisotopic (exact) mass is 635 g/mol. The predicted molar refractivity (Wildman–Crippen MR) is 169 cm³/mol. The van der Waals surface area contributed by atoms with Gasteiger partial charge in [0, 0.05) is 47.8 Å². The van der Waals surface area contributed by atoms with Crippen LogP contribution in [-0.4, -0.2) is 43.3 Å². The van der Waals surface area contributed by atoms with Crippen LogP contribution >= 0.6 is 0 Å². The topological polar surface area (TPSA) is 181 Å². The highest BCUT2D eigenvalue weighted by Crippen LogP contribution is 2.39. The fourth-order valence-electron chi connectivity index (χ4n) is 5.66. The van der Waals surface area contributed by atoms with Gasteiger partial charge >= 0.3 is 0 Å². The summed E-state index contributed by atoms with van der Waals surface area (Å²) in [5.41, 5.74) is 2.58. The molecule has 15 heteroatoms. The third kappa shape index (κ3) is 5.01. The second-order valence-electron chi connectivity index (χ2n) is 10.6. The number of hydrogen-bond donors (Lipinski definition) is 3. The molecule has 1 amide bonds. The number of amides is 1. The molecule has 0 saturated carbocycles. The highest BCUT2D eigenvalue weighted by Gasteiger charge is 2.31. The Morgan fingerprint density at radius 1 is 1.11 bits per heavy atom. The van der Waals surface area contributed by atoms with Gasteiger partial charge in [0.15, 0.2) is 11.5 Å². The van der Waals surface area contributed by atoms with Gasteiger partial charge in [0.25, 0.3) is 21.7 Å². The summed E-state index contributed by atoms with van der Waals surface area (Å²) in [5, 5.41) is 17.4. The predicted octanol–water partition coefficient (Wildman–Crippen LogP) is 2.17. The van der Waals surface area contributed by atoms with E-state index in [1.165, 1.54) is 16.9 Å². The Hall–Kier alpha value is -5.98. The fraction of sp³-hybridized carbons (Fsp3) is 0.129. The summed E-state index contributed by atoms with van der Waals surface area (Å²) in [6.07, 6.45) is 6.39. The van der Waals surface area contributed by atoms with Crippen LogP contribution in [0, 0.1) is 11.8 Å². The number of pyridine rings is 1. The van der Waals surface area contributed by atoms with Gasteiger partial charge in [-0.1, -0.05) is 30.0 Å². The fourth-order valence-corrected chi connectivity index (χ4v) is 6.08. The van der Waals surface area contributed by atoms with Crippen LogP contribution in [0.3, 0.4) is 0 Å². The molecule has 2 aromatic carbocycles. The molecule has 1 atom stereocenters. The summed E-state index contributed by atoms with van der Waals surface area (Å²) >= 11 is 0. The van der Waals surface area contributed by atoms with E-state index in [-0.39, 0.29) is 29.2 Å². The number of nitrogens with one attached hydrogen (secondary N) is 2. The Morgan fingerprint density at radius 3 is 2.65 bits per heavy atom. The molecule has 0 bridgehead atoms. The Morgan fingerprint density at radius 2 is 1.91 bits per heavy atom. The molecular weight excluding hydrogens is 610 g/mol. The van der Waals surface area contributed by atoms with Crippen molar-refractivity contribution in [3.05, 3.63) is 112 Å². The number of rotatable bonds is 6.